The van der Waals surface area contributed by atoms with Crippen LogP contribution in [-0.2, 0) is 19.1 Å². The first kappa shape index (κ1) is 18.7. The molecule has 0 saturated carbocycles. The molecule has 9 heteroatoms. The number of guanidine groups is 1. The first-order chi connectivity index (χ1) is 13.0. The molecule has 3 rings (SSSR count). The van der Waals surface area contributed by atoms with Crippen LogP contribution in [0.25, 0.3) is 5.65 Å². The van der Waals surface area contributed by atoms with Gasteiger partial charge in [-0.1, -0.05) is 18.2 Å². The second kappa shape index (κ2) is 8.07. The first-order valence-electron chi connectivity index (χ1n) is 8.36. The van der Waals surface area contributed by atoms with Crippen LogP contribution in [0.5, 0.6) is 0 Å². The van der Waals surface area contributed by atoms with Crippen LogP contribution < -0.4 is 10.6 Å². The number of hydrogen-bond donors (Lipinski definition) is 2. The number of halogens is 3. The summed E-state index contributed by atoms with van der Waals surface area (Å²) in [5.74, 6) is 1.32. The fraction of sp³-hybridized carbons (Fsp3) is 0.278. The molecule has 0 aliphatic rings. The molecule has 0 atom stereocenters. The van der Waals surface area contributed by atoms with Crippen molar-refractivity contribution in [1.29, 1.82) is 0 Å². The fourth-order valence-electron chi connectivity index (χ4n) is 2.58. The summed E-state index contributed by atoms with van der Waals surface area (Å²) in [6, 6.07) is 10.8. The summed E-state index contributed by atoms with van der Waals surface area (Å²) < 4.78 is 39.6. The minimum absolute atomic E-state index is 0.436. The Hall–Kier alpha value is -3.10. The highest BCUT2D eigenvalue weighted by atomic mass is 19.4. The van der Waals surface area contributed by atoms with Crippen molar-refractivity contribution in [2.75, 3.05) is 13.6 Å². The Morgan fingerprint density at radius 3 is 2.56 bits per heavy atom. The van der Waals surface area contributed by atoms with E-state index in [1.165, 1.54) is 12.1 Å². The summed E-state index contributed by atoms with van der Waals surface area (Å²) in [5.41, 5.74) is 0.936. The normalized spacial score (nSPS) is 12.4. The molecule has 2 aromatic heterocycles. The highest BCUT2D eigenvalue weighted by molar-refractivity contribution is 5.79. The molecule has 0 radical (unpaired) electrons. The van der Waals surface area contributed by atoms with Crippen molar-refractivity contribution in [2.24, 2.45) is 4.99 Å². The van der Waals surface area contributed by atoms with E-state index in [1.54, 1.807) is 7.05 Å². The molecule has 27 heavy (non-hydrogen) atoms. The Morgan fingerprint density at radius 1 is 1.07 bits per heavy atom. The number of aromatic nitrogens is 3. The minimum atomic E-state index is -4.31. The average Bonchev–Trinajstić information content (AvgIpc) is 3.07. The summed E-state index contributed by atoms with van der Waals surface area (Å²) in [7, 11) is 1.65. The second-order valence-electron chi connectivity index (χ2n) is 5.84. The number of pyridine rings is 1. The van der Waals surface area contributed by atoms with Gasteiger partial charge in [0, 0.05) is 19.8 Å². The number of benzene rings is 1. The van der Waals surface area contributed by atoms with Crippen molar-refractivity contribution in [3.63, 3.8) is 0 Å². The van der Waals surface area contributed by atoms with Crippen molar-refractivity contribution in [1.82, 2.24) is 25.2 Å². The van der Waals surface area contributed by atoms with Gasteiger partial charge in [-0.3, -0.25) is 9.39 Å². The summed E-state index contributed by atoms with van der Waals surface area (Å²) in [6.07, 6.45) is -1.85. The van der Waals surface area contributed by atoms with Crippen LogP contribution in [0.15, 0.2) is 53.7 Å². The Balaban J connectivity index is 1.49. The molecule has 2 heterocycles. The third-order valence-corrected chi connectivity index (χ3v) is 4.01. The number of nitrogens with one attached hydrogen (secondary N) is 2. The van der Waals surface area contributed by atoms with Crippen LogP contribution >= 0.6 is 0 Å². The van der Waals surface area contributed by atoms with Gasteiger partial charge in [0.1, 0.15) is 0 Å². The van der Waals surface area contributed by atoms with E-state index >= 15 is 0 Å². The van der Waals surface area contributed by atoms with Crippen molar-refractivity contribution in [3.8, 4) is 0 Å². The van der Waals surface area contributed by atoms with Gasteiger partial charge in [-0.15, -0.1) is 10.2 Å². The van der Waals surface area contributed by atoms with Crippen LogP contribution in [0.4, 0.5) is 13.2 Å². The summed E-state index contributed by atoms with van der Waals surface area (Å²) >= 11 is 0. The predicted octanol–water partition coefficient (Wildman–Crippen LogP) is 2.66. The molecule has 2 N–H and O–H groups in total. The van der Waals surface area contributed by atoms with Gasteiger partial charge >= 0.3 is 6.18 Å². The first-order valence-corrected chi connectivity index (χ1v) is 8.36. The van der Waals surface area contributed by atoms with Crippen molar-refractivity contribution in [2.45, 2.75) is 19.1 Å². The topological polar surface area (TPSA) is 66.6 Å². The third-order valence-electron chi connectivity index (χ3n) is 4.01. The van der Waals surface area contributed by atoms with Gasteiger partial charge in [0.15, 0.2) is 17.4 Å². The van der Waals surface area contributed by atoms with Crippen molar-refractivity contribution in [3.05, 3.63) is 65.6 Å². The quantitative estimate of drug-likeness (QED) is 0.531. The zero-order valence-electron chi connectivity index (χ0n) is 14.7. The van der Waals surface area contributed by atoms with Crippen molar-refractivity contribution >= 4 is 11.6 Å². The number of hydrogen-bond acceptors (Lipinski definition) is 3. The predicted molar refractivity (Wildman–Crippen MR) is 96.3 cm³/mol. The Labute approximate surface area is 154 Å². The molecule has 0 spiro atoms. The molecule has 0 fully saturated rings. The highest BCUT2D eigenvalue weighted by Gasteiger charge is 2.29. The number of alkyl halides is 3. The van der Waals surface area contributed by atoms with Gasteiger partial charge in [-0.2, -0.15) is 13.2 Å². The SMILES string of the molecule is CN=C(NCCc1ccc(C(F)(F)F)cc1)NCc1nnc2ccccn12. The van der Waals surface area contributed by atoms with Crippen molar-refractivity contribution < 1.29 is 13.2 Å². The minimum Gasteiger partial charge on any atom is -0.356 e. The van der Waals surface area contributed by atoms with Crippen LogP contribution in [0.3, 0.4) is 0 Å². The molecule has 1 aromatic carbocycles. The monoisotopic (exact) mass is 376 g/mol. The molecular weight excluding hydrogens is 357 g/mol. The summed E-state index contributed by atoms with van der Waals surface area (Å²) in [5, 5.41) is 14.5. The lowest BCUT2D eigenvalue weighted by Crippen LogP contribution is -2.38. The van der Waals surface area contributed by atoms with Gasteiger partial charge in [-0.25, -0.2) is 0 Å². The molecule has 0 unspecified atom stereocenters. The Morgan fingerprint density at radius 2 is 1.85 bits per heavy atom. The second-order valence-corrected chi connectivity index (χ2v) is 5.84. The number of rotatable bonds is 5. The largest absolute Gasteiger partial charge is 0.416 e. The van der Waals surface area contributed by atoms with E-state index in [4.69, 9.17) is 0 Å². The van der Waals surface area contributed by atoms with Crippen LogP contribution in [-0.4, -0.2) is 34.2 Å². The summed E-state index contributed by atoms with van der Waals surface area (Å²) in [6.45, 7) is 0.969. The molecule has 0 aliphatic heterocycles. The molecule has 0 bridgehead atoms. The molecule has 0 amide bonds. The van der Waals surface area contributed by atoms with Gasteiger partial charge in [0.25, 0.3) is 0 Å². The zero-order chi connectivity index (χ0) is 19.3. The van der Waals surface area contributed by atoms with E-state index in [0.717, 1.165) is 29.2 Å². The Bertz CT molecular complexity index is 915. The number of aliphatic imine (C=N–C) groups is 1. The van der Waals surface area contributed by atoms with Crippen LogP contribution in [0.1, 0.15) is 17.0 Å². The average molecular weight is 376 g/mol. The van der Waals surface area contributed by atoms with Gasteiger partial charge in [-0.05, 0) is 36.2 Å². The molecule has 6 nitrogen and oxygen atoms in total. The maximum absolute atomic E-state index is 12.6. The maximum atomic E-state index is 12.6. The van der Waals surface area contributed by atoms with Gasteiger partial charge in [0.05, 0.1) is 12.1 Å². The van der Waals surface area contributed by atoms with E-state index in [9.17, 15) is 13.2 Å². The van der Waals surface area contributed by atoms with E-state index in [2.05, 4.69) is 25.8 Å². The molecule has 3 aromatic rings. The van der Waals surface area contributed by atoms with Gasteiger partial charge < -0.3 is 10.6 Å². The summed E-state index contributed by atoms with van der Waals surface area (Å²) in [4.78, 5) is 4.13. The zero-order valence-corrected chi connectivity index (χ0v) is 14.7. The smallest absolute Gasteiger partial charge is 0.356 e. The van der Waals surface area contributed by atoms with Gasteiger partial charge in [0.2, 0.25) is 0 Å². The van der Waals surface area contributed by atoms with E-state index in [0.29, 0.717) is 25.5 Å². The lowest BCUT2D eigenvalue weighted by molar-refractivity contribution is -0.137. The highest BCUT2D eigenvalue weighted by Crippen LogP contribution is 2.29. The lowest BCUT2D eigenvalue weighted by atomic mass is 10.1. The molecule has 0 aliphatic carbocycles. The fourth-order valence-corrected chi connectivity index (χ4v) is 2.58. The molecule has 0 saturated heterocycles. The van der Waals surface area contributed by atoms with Crippen LogP contribution in [0.2, 0.25) is 0 Å². The third kappa shape index (κ3) is 4.75. The standard InChI is InChI=1S/C18H19F3N6/c1-22-17(24-12-16-26-25-15-4-2-3-11-27(15)16)23-10-9-13-5-7-14(8-6-13)18(19,20)21/h2-8,11H,9-10,12H2,1H3,(H2,22,23,24). The lowest BCUT2D eigenvalue weighted by Gasteiger charge is -2.12. The number of nitrogens with zero attached hydrogens (tertiary/aromatic N) is 4. The molecule has 142 valence electrons. The van der Waals surface area contributed by atoms with Crippen LogP contribution in [0, 0.1) is 0 Å². The van der Waals surface area contributed by atoms with E-state index in [-0.39, 0.29) is 0 Å². The van der Waals surface area contributed by atoms with E-state index < -0.39 is 11.7 Å². The van der Waals surface area contributed by atoms with E-state index in [1.807, 2.05) is 28.8 Å². The maximum Gasteiger partial charge on any atom is 0.416 e. The number of fused-ring (bicyclic) bond motifs is 1. The Kier molecular flexibility index (Phi) is 5.58. The molecular formula is C18H19F3N6.